The van der Waals surface area contributed by atoms with Gasteiger partial charge in [0, 0.05) is 18.9 Å². The lowest BCUT2D eigenvalue weighted by Gasteiger charge is -2.38. The van der Waals surface area contributed by atoms with E-state index in [0.717, 1.165) is 5.39 Å². The highest BCUT2D eigenvalue weighted by Crippen LogP contribution is 2.26. The molecule has 0 unspecified atom stereocenters. The fraction of sp³-hybridized carbons (Fsp3) is 0.471. The Balaban J connectivity index is 1.65. The maximum Gasteiger partial charge on any atom is 0.272 e. The van der Waals surface area contributed by atoms with Crippen molar-refractivity contribution < 1.29 is 13.5 Å². The number of likely N-dealkylation sites (tertiary alicyclic amines) is 1. The Morgan fingerprint density at radius 3 is 2.93 bits per heavy atom. The molecule has 3 heterocycles. The van der Waals surface area contributed by atoms with Gasteiger partial charge in [-0.3, -0.25) is 9.89 Å². The van der Waals surface area contributed by atoms with Gasteiger partial charge in [-0.05, 0) is 19.9 Å². The molecule has 2 aromatic heterocycles. The number of alkyl halides is 2. The number of H-pyrrole nitrogens is 1. The zero-order valence-electron chi connectivity index (χ0n) is 15.3. The number of fused-ring (bicyclic) bond motifs is 1. The average Bonchev–Trinajstić information content (AvgIpc) is 3.07. The molecule has 0 saturated carbocycles. The maximum atomic E-state index is 12.8. The Kier molecular flexibility index (Phi) is 5.54. The zero-order chi connectivity index (χ0) is 19.4. The van der Waals surface area contributed by atoms with E-state index in [1.807, 2.05) is 13.0 Å². The summed E-state index contributed by atoms with van der Waals surface area (Å²) in [6.45, 7) is 4.61. The number of ether oxygens (including phenoxy) is 1. The molecular weight excluding hydrogens is 356 g/mol. The molecule has 27 heavy (non-hydrogen) atoms. The van der Waals surface area contributed by atoms with Crippen molar-refractivity contribution in [2.75, 3.05) is 38.1 Å². The third-order valence-electron chi connectivity index (χ3n) is 4.14. The molecule has 10 heteroatoms. The Morgan fingerprint density at radius 2 is 2.26 bits per heavy atom. The summed E-state index contributed by atoms with van der Waals surface area (Å²) in [5.74, 6) is -1.77. The second-order valence-electron chi connectivity index (χ2n) is 6.26. The Labute approximate surface area is 155 Å². The molecular formula is C17H23F2N7O. The second-order valence-corrected chi connectivity index (χ2v) is 6.26. The number of halogens is 2. The molecule has 1 fully saturated rings. The highest BCUT2D eigenvalue weighted by Gasteiger charge is 2.43. The Bertz CT molecular complexity index is 854. The molecule has 4 N–H and O–H groups in total. The fourth-order valence-corrected chi connectivity index (χ4v) is 2.80. The number of hydrogen-bond donors (Lipinski definition) is 3. The molecule has 0 amide bonds. The predicted molar refractivity (Wildman–Crippen MR) is 100 cm³/mol. The highest BCUT2D eigenvalue weighted by molar-refractivity contribution is 6.00. The van der Waals surface area contributed by atoms with Gasteiger partial charge < -0.3 is 20.8 Å². The van der Waals surface area contributed by atoms with E-state index in [4.69, 9.17) is 10.5 Å². The number of anilines is 1. The van der Waals surface area contributed by atoms with Gasteiger partial charge in [-0.25, -0.2) is 8.78 Å². The molecule has 1 saturated heterocycles. The molecule has 8 nitrogen and oxygen atoms in total. The quantitative estimate of drug-likeness (QED) is 0.606. The predicted octanol–water partition coefficient (Wildman–Crippen LogP) is 1.98. The lowest BCUT2D eigenvalue weighted by Crippen LogP contribution is -2.56. The van der Waals surface area contributed by atoms with Crippen molar-refractivity contribution in [2.24, 2.45) is 10.7 Å². The second kappa shape index (κ2) is 7.87. The van der Waals surface area contributed by atoms with Crippen molar-refractivity contribution in [3.05, 3.63) is 24.2 Å². The molecule has 0 atom stereocenters. The first-order valence-electron chi connectivity index (χ1n) is 8.70. The number of nitrogens with one attached hydrogen (secondary N) is 2. The topological polar surface area (TPSA) is 104 Å². The van der Waals surface area contributed by atoms with Crippen LogP contribution < -0.4 is 15.8 Å². The van der Waals surface area contributed by atoms with Gasteiger partial charge in [-0.2, -0.15) is 9.97 Å². The van der Waals surface area contributed by atoms with Crippen LogP contribution in [0.3, 0.4) is 0 Å². The molecule has 0 radical (unpaired) electrons. The number of aromatic nitrogens is 3. The van der Waals surface area contributed by atoms with Crippen molar-refractivity contribution in [2.45, 2.75) is 19.8 Å². The van der Waals surface area contributed by atoms with Crippen LogP contribution in [0.15, 0.2) is 29.2 Å². The lowest BCUT2D eigenvalue weighted by molar-refractivity contribution is -0.128. The van der Waals surface area contributed by atoms with Gasteiger partial charge in [-0.15, -0.1) is 0 Å². The molecule has 2 aromatic rings. The summed E-state index contributed by atoms with van der Waals surface area (Å²) < 4.78 is 31.2. The molecule has 0 aliphatic carbocycles. The van der Waals surface area contributed by atoms with Crippen LogP contribution in [0.1, 0.15) is 13.8 Å². The van der Waals surface area contributed by atoms with Crippen molar-refractivity contribution in [1.29, 1.82) is 0 Å². The largest absolute Gasteiger partial charge is 0.477 e. The number of allylic oxidation sites excluding steroid dienone is 1. The van der Waals surface area contributed by atoms with E-state index < -0.39 is 5.92 Å². The van der Waals surface area contributed by atoms with Crippen LogP contribution >= 0.6 is 0 Å². The molecule has 0 aromatic carbocycles. The van der Waals surface area contributed by atoms with Gasteiger partial charge in [0.05, 0.1) is 43.0 Å². The maximum absolute atomic E-state index is 12.8. The first-order chi connectivity index (χ1) is 12.9. The minimum atomic E-state index is -2.56. The van der Waals surface area contributed by atoms with Gasteiger partial charge in [0.25, 0.3) is 5.92 Å². The summed E-state index contributed by atoms with van der Waals surface area (Å²) in [5.41, 5.74) is 7.52. The van der Waals surface area contributed by atoms with Gasteiger partial charge in [0.15, 0.2) is 0 Å². The van der Waals surface area contributed by atoms with E-state index in [2.05, 4.69) is 25.3 Å². The molecule has 0 bridgehead atoms. The number of aliphatic imine (C=N–C) groups is 1. The standard InChI is InChI=1S/C17H23F2N7O/c1-3-27-15-12-4-5-22-14(12)24-16(25-15)23-13(8-20)11(2)21-6-7-26-9-17(18,19)10-26/h4-5,8H,3,6-7,9-10,20H2,1-2H3,(H2,22,23,24,25). The van der Waals surface area contributed by atoms with Crippen molar-refractivity contribution >= 4 is 22.7 Å². The monoisotopic (exact) mass is 379 g/mol. The van der Waals surface area contributed by atoms with E-state index in [0.29, 0.717) is 48.6 Å². The van der Waals surface area contributed by atoms with Gasteiger partial charge >= 0.3 is 0 Å². The number of hydrogen-bond acceptors (Lipinski definition) is 7. The van der Waals surface area contributed by atoms with Gasteiger partial charge in [-0.1, -0.05) is 0 Å². The Hall–Kier alpha value is -2.75. The van der Waals surface area contributed by atoms with Gasteiger partial charge in [0.2, 0.25) is 11.8 Å². The van der Waals surface area contributed by atoms with Crippen LogP contribution in [0, 0.1) is 0 Å². The van der Waals surface area contributed by atoms with Crippen LogP contribution in [0.4, 0.5) is 14.7 Å². The van der Waals surface area contributed by atoms with Crippen LogP contribution in [-0.2, 0) is 0 Å². The Morgan fingerprint density at radius 1 is 1.48 bits per heavy atom. The number of aromatic amines is 1. The fourth-order valence-electron chi connectivity index (χ4n) is 2.80. The molecule has 1 aliphatic heterocycles. The van der Waals surface area contributed by atoms with E-state index in [9.17, 15) is 8.78 Å². The van der Waals surface area contributed by atoms with Crippen molar-refractivity contribution in [1.82, 2.24) is 19.9 Å². The zero-order valence-corrected chi connectivity index (χ0v) is 15.3. The summed E-state index contributed by atoms with van der Waals surface area (Å²) in [7, 11) is 0. The first-order valence-corrected chi connectivity index (χ1v) is 8.70. The molecule has 1 aliphatic rings. The van der Waals surface area contributed by atoms with Crippen molar-refractivity contribution in [3.63, 3.8) is 0 Å². The van der Waals surface area contributed by atoms with Crippen LogP contribution in [0.5, 0.6) is 5.88 Å². The van der Waals surface area contributed by atoms with E-state index >= 15 is 0 Å². The third kappa shape index (κ3) is 4.51. The summed E-state index contributed by atoms with van der Waals surface area (Å²) in [6.07, 6.45) is 3.14. The van der Waals surface area contributed by atoms with Crippen LogP contribution in [-0.4, -0.2) is 64.3 Å². The number of nitrogens with zero attached hydrogens (tertiary/aromatic N) is 4. The van der Waals surface area contributed by atoms with E-state index in [-0.39, 0.29) is 13.1 Å². The van der Waals surface area contributed by atoms with E-state index in [1.54, 1.807) is 18.0 Å². The third-order valence-corrected chi connectivity index (χ3v) is 4.14. The highest BCUT2D eigenvalue weighted by atomic mass is 19.3. The minimum absolute atomic E-state index is 0.205. The van der Waals surface area contributed by atoms with Gasteiger partial charge in [0.1, 0.15) is 5.65 Å². The normalized spacial score (nSPS) is 17.8. The summed E-state index contributed by atoms with van der Waals surface area (Å²) in [6, 6.07) is 1.84. The molecule has 146 valence electrons. The lowest BCUT2D eigenvalue weighted by atomic mass is 10.1. The SMILES string of the molecule is CCOc1nc(NC(=CN)C(C)=NCCN2CC(F)(F)C2)nc2[nH]ccc12. The smallest absolute Gasteiger partial charge is 0.272 e. The average molecular weight is 379 g/mol. The minimum Gasteiger partial charge on any atom is -0.477 e. The molecule has 0 spiro atoms. The summed E-state index contributed by atoms with van der Waals surface area (Å²) in [4.78, 5) is 17.8. The van der Waals surface area contributed by atoms with Crippen molar-refractivity contribution in [3.8, 4) is 5.88 Å². The van der Waals surface area contributed by atoms with E-state index in [1.165, 1.54) is 6.20 Å². The van der Waals surface area contributed by atoms with Crippen LogP contribution in [0.2, 0.25) is 0 Å². The molecule has 3 rings (SSSR count). The summed E-state index contributed by atoms with van der Waals surface area (Å²) in [5, 5.41) is 3.83. The van der Waals surface area contributed by atoms with Crippen LogP contribution in [0.25, 0.3) is 11.0 Å². The number of rotatable bonds is 8. The first kappa shape index (κ1) is 19.0. The number of nitrogens with two attached hydrogens (primary N) is 1. The summed E-state index contributed by atoms with van der Waals surface area (Å²) >= 11 is 0.